The predicted molar refractivity (Wildman–Crippen MR) is 76.7 cm³/mol. The lowest BCUT2D eigenvalue weighted by Gasteiger charge is -2.26. The highest BCUT2D eigenvalue weighted by atomic mass is 35.5. The van der Waals surface area contributed by atoms with Crippen molar-refractivity contribution in [3.05, 3.63) is 28.8 Å². The number of likely N-dealkylation sites (tertiary alicyclic amines) is 1. The Bertz CT molecular complexity index is 483. The van der Waals surface area contributed by atoms with Crippen molar-refractivity contribution < 1.29 is 9.90 Å². The first kappa shape index (κ1) is 14.2. The van der Waals surface area contributed by atoms with Crippen molar-refractivity contribution in [3.63, 3.8) is 0 Å². The van der Waals surface area contributed by atoms with Gasteiger partial charge in [0.05, 0.1) is 5.56 Å². The molecule has 1 aliphatic rings. The molecule has 1 fully saturated rings. The van der Waals surface area contributed by atoms with Gasteiger partial charge in [-0.05, 0) is 42.9 Å². The van der Waals surface area contributed by atoms with Gasteiger partial charge in [-0.3, -0.25) is 4.79 Å². The molecule has 1 aliphatic heterocycles. The van der Waals surface area contributed by atoms with Gasteiger partial charge in [-0.1, -0.05) is 25.4 Å². The molecule has 0 aromatic heterocycles. The summed E-state index contributed by atoms with van der Waals surface area (Å²) in [5, 5.41) is 10.3. The third-order valence-corrected chi connectivity index (χ3v) is 4.65. The maximum absolute atomic E-state index is 12.4. The summed E-state index contributed by atoms with van der Waals surface area (Å²) in [7, 11) is 0. The van der Waals surface area contributed by atoms with E-state index < -0.39 is 0 Å². The van der Waals surface area contributed by atoms with Crippen molar-refractivity contribution in [2.45, 2.75) is 33.1 Å². The van der Waals surface area contributed by atoms with Crippen molar-refractivity contribution in [1.29, 1.82) is 0 Å². The van der Waals surface area contributed by atoms with E-state index in [2.05, 4.69) is 13.8 Å². The minimum atomic E-state index is -0.122. The van der Waals surface area contributed by atoms with Crippen LogP contribution in [-0.4, -0.2) is 29.0 Å². The monoisotopic (exact) mass is 281 g/mol. The number of phenols is 1. The molecule has 104 valence electrons. The Kier molecular flexibility index (Phi) is 4.04. The van der Waals surface area contributed by atoms with Gasteiger partial charge in [0.1, 0.15) is 5.75 Å². The van der Waals surface area contributed by atoms with Crippen LogP contribution in [0.2, 0.25) is 5.02 Å². The smallest absolute Gasteiger partial charge is 0.257 e. The molecule has 1 amide bonds. The van der Waals surface area contributed by atoms with Crippen LogP contribution in [0, 0.1) is 5.41 Å². The van der Waals surface area contributed by atoms with E-state index in [0.29, 0.717) is 10.6 Å². The number of nitrogens with zero attached hydrogens (tertiary/aromatic N) is 1. The quantitative estimate of drug-likeness (QED) is 0.918. The number of hydrogen-bond donors (Lipinski definition) is 1. The molecular formula is C15H20ClNO2. The van der Waals surface area contributed by atoms with Crippen molar-refractivity contribution in [1.82, 2.24) is 4.90 Å². The van der Waals surface area contributed by atoms with Crippen LogP contribution in [0.3, 0.4) is 0 Å². The zero-order valence-corrected chi connectivity index (χ0v) is 12.2. The highest BCUT2D eigenvalue weighted by Gasteiger charge is 2.37. The van der Waals surface area contributed by atoms with Crippen LogP contribution in [0.4, 0.5) is 0 Å². The summed E-state index contributed by atoms with van der Waals surface area (Å²) in [6, 6.07) is 4.59. The van der Waals surface area contributed by atoms with E-state index >= 15 is 0 Å². The van der Waals surface area contributed by atoms with E-state index in [0.717, 1.165) is 32.4 Å². The van der Waals surface area contributed by atoms with E-state index in [1.165, 1.54) is 12.1 Å². The van der Waals surface area contributed by atoms with Gasteiger partial charge in [0.2, 0.25) is 0 Å². The lowest BCUT2D eigenvalue weighted by molar-refractivity contribution is 0.0767. The average molecular weight is 282 g/mol. The summed E-state index contributed by atoms with van der Waals surface area (Å²) in [4.78, 5) is 14.3. The molecule has 0 unspecified atom stereocenters. The fraction of sp³-hybridized carbons (Fsp3) is 0.533. The molecule has 0 saturated carbocycles. The number of hydrogen-bond acceptors (Lipinski definition) is 2. The zero-order chi connectivity index (χ0) is 14.0. The van der Waals surface area contributed by atoms with Gasteiger partial charge < -0.3 is 10.0 Å². The van der Waals surface area contributed by atoms with Crippen LogP contribution in [0.1, 0.15) is 43.5 Å². The van der Waals surface area contributed by atoms with Gasteiger partial charge in [-0.2, -0.15) is 0 Å². The number of carbonyl (C=O) groups is 1. The Morgan fingerprint density at radius 3 is 2.68 bits per heavy atom. The van der Waals surface area contributed by atoms with Crippen molar-refractivity contribution in [2.24, 2.45) is 5.41 Å². The van der Waals surface area contributed by atoms with E-state index in [1.807, 2.05) is 4.90 Å². The minimum Gasteiger partial charge on any atom is -0.507 e. The molecule has 0 aliphatic carbocycles. The third-order valence-electron chi connectivity index (χ3n) is 4.41. The number of amides is 1. The molecule has 1 heterocycles. The van der Waals surface area contributed by atoms with Gasteiger partial charge >= 0.3 is 0 Å². The number of benzene rings is 1. The van der Waals surface area contributed by atoms with Crippen molar-refractivity contribution >= 4 is 17.5 Å². The molecule has 1 aromatic carbocycles. The Morgan fingerprint density at radius 1 is 1.42 bits per heavy atom. The normalized spacial score (nSPS) is 17.7. The minimum absolute atomic E-state index is 0.0000954. The maximum atomic E-state index is 12.4. The highest BCUT2D eigenvalue weighted by molar-refractivity contribution is 6.31. The van der Waals surface area contributed by atoms with Gasteiger partial charge in [-0.15, -0.1) is 0 Å². The highest BCUT2D eigenvalue weighted by Crippen LogP contribution is 2.38. The summed E-state index contributed by atoms with van der Waals surface area (Å²) >= 11 is 5.90. The number of halogens is 1. The van der Waals surface area contributed by atoms with E-state index in [9.17, 15) is 9.90 Å². The van der Waals surface area contributed by atoms with Crippen LogP contribution in [0.5, 0.6) is 5.75 Å². The molecule has 1 aromatic rings. The Balaban J connectivity index is 2.20. The molecule has 0 bridgehead atoms. The molecule has 0 radical (unpaired) electrons. The number of rotatable bonds is 3. The maximum Gasteiger partial charge on any atom is 0.257 e. The SMILES string of the molecule is CCC1(CC)CCN(C(=O)c2cc(Cl)ccc2O)C1. The van der Waals surface area contributed by atoms with Crippen molar-refractivity contribution in [2.75, 3.05) is 13.1 Å². The lowest BCUT2D eigenvalue weighted by atomic mass is 9.82. The first-order valence-electron chi connectivity index (χ1n) is 6.79. The van der Waals surface area contributed by atoms with Gasteiger partial charge in [0.25, 0.3) is 5.91 Å². The second-order valence-electron chi connectivity index (χ2n) is 5.35. The zero-order valence-electron chi connectivity index (χ0n) is 11.4. The molecule has 1 N–H and O–H groups in total. The summed E-state index contributed by atoms with van der Waals surface area (Å²) in [6.45, 7) is 5.87. The standard InChI is InChI=1S/C15H20ClNO2/c1-3-15(4-2)7-8-17(10-15)14(19)12-9-11(16)5-6-13(12)18/h5-6,9,18H,3-4,7-8,10H2,1-2H3. The predicted octanol–water partition coefficient (Wildman–Crippen LogP) is 3.70. The summed E-state index contributed by atoms with van der Waals surface area (Å²) in [5.41, 5.74) is 0.541. The first-order chi connectivity index (χ1) is 9.01. The second-order valence-corrected chi connectivity index (χ2v) is 5.78. The van der Waals surface area contributed by atoms with Gasteiger partial charge in [0, 0.05) is 18.1 Å². The van der Waals surface area contributed by atoms with Gasteiger partial charge in [0.15, 0.2) is 0 Å². The largest absolute Gasteiger partial charge is 0.507 e. The van der Waals surface area contributed by atoms with Crippen LogP contribution < -0.4 is 0 Å². The van der Waals surface area contributed by atoms with Crippen LogP contribution in [-0.2, 0) is 0 Å². The number of carbonyl (C=O) groups excluding carboxylic acids is 1. The fourth-order valence-electron chi connectivity index (χ4n) is 2.79. The molecule has 2 rings (SSSR count). The summed E-state index contributed by atoms with van der Waals surface area (Å²) in [6.07, 6.45) is 3.19. The van der Waals surface area contributed by atoms with E-state index in [-0.39, 0.29) is 17.1 Å². The third kappa shape index (κ3) is 2.71. The molecule has 4 heteroatoms. The molecule has 19 heavy (non-hydrogen) atoms. The van der Waals surface area contributed by atoms with Crippen LogP contribution in [0.25, 0.3) is 0 Å². The molecule has 0 spiro atoms. The molecule has 0 atom stereocenters. The Hall–Kier alpha value is -1.22. The molecule has 1 saturated heterocycles. The summed E-state index contributed by atoms with van der Waals surface area (Å²) in [5.74, 6) is -0.122. The van der Waals surface area contributed by atoms with Gasteiger partial charge in [-0.25, -0.2) is 0 Å². The average Bonchev–Trinajstić information content (AvgIpc) is 2.86. The Morgan fingerprint density at radius 2 is 2.11 bits per heavy atom. The summed E-state index contributed by atoms with van der Waals surface area (Å²) < 4.78 is 0. The van der Waals surface area contributed by atoms with E-state index in [1.54, 1.807) is 6.07 Å². The Labute approximate surface area is 119 Å². The number of aromatic hydroxyl groups is 1. The van der Waals surface area contributed by atoms with Crippen LogP contribution in [0.15, 0.2) is 18.2 Å². The fourth-order valence-corrected chi connectivity index (χ4v) is 2.96. The van der Waals surface area contributed by atoms with Crippen LogP contribution >= 0.6 is 11.6 Å². The van der Waals surface area contributed by atoms with E-state index in [4.69, 9.17) is 11.6 Å². The topological polar surface area (TPSA) is 40.5 Å². The lowest BCUT2D eigenvalue weighted by Crippen LogP contribution is -2.31. The number of phenolic OH excluding ortho intramolecular Hbond substituents is 1. The second kappa shape index (κ2) is 5.41. The first-order valence-corrected chi connectivity index (χ1v) is 7.17. The van der Waals surface area contributed by atoms with Crippen molar-refractivity contribution in [3.8, 4) is 5.75 Å². The molecule has 3 nitrogen and oxygen atoms in total. The molecular weight excluding hydrogens is 262 g/mol.